The monoisotopic (exact) mass is 301 g/mol. The lowest BCUT2D eigenvalue weighted by atomic mass is 10.1. The number of anilines is 1. The highest BCUT2D eigenvalue weighted by Crippen LogP contribution is 2.39. The van der Waals surface area contributed by atoms with Crippen molar-refractivity contribution in [3.8, 4) is 10.4 Å². The number of nitrogen functional groups attached to an aromatic ring is 1. The van der Waals surface area contributed by atoms with Crippen molar-refractivity contribution in [3.63, 3.8) is 0 Å². The molecule has 2 aromatic rings. The number of rotatable bonds is 2. The number of ether oxygens (including phenoxy) is 1. The minimum absolute atomic E-state index is 0.116. The summed E-state index contributed by atoms with van der Waals surface area (Å²) in [7, 11) is 1.20. The molecule has 0 saturated heterocycles. The lowest BCUT2D eigenvalue weighted by molar-refractivity contribution is 0.0607. The van der Waals surface area contributed by atoms with Crippen LogP contribution in [0, 0.1) is 24.4 Å². The number of benzene rings is 1. The maximum absolute atomic E-state index is 13.3. The SMILES string of the molecule is COC(=O)c1sc(-c2cc(F)c(F)c(F)c2)c(C)c1N. The van der Waals surface area contributed by atoms with E-state index in [0.29, 0.717) is 10.4 Å². The molecule has 0 amide bonds. The third-order valence-corrected chi connectivity index (χ3v) is 4.15. The summed E-state index contributed by atoms with van der Waals surface area (Å²) in [4.78, 5) is 12.1. The zero-order valence-electron chi connectivity index (χ0n) is 10.6. The summed E-state index contributed by atoms with van der Waals surface area (Å²) in [5.74, 6) is -4.77. The molecule has 0 aliphatic carbocycles. The third-order valence-electron chi connectivity index (χ3n) is 2.81. The van der Waals surface area contributed by atoms with E-state index in [-0.39, 0.29) is 16.1 Å². The maximum atomic E-state index is 13.3. The predicted molar refractivity (Wildman–Crippen MR) is 70.1 cm³/mol. The highest BCUT2D eigenvalue weighted by molar-refractivity contribution is 7.18. The topological polar surface area (TPSA) is 52.3 Å². The van der Waals surface area contributed by atoms with Gasteiger partial charge in [0.15, 0.2) is 17.5 Å². The summed E-state index contributed by atoms with van der Waals surface area (Å²) >= 11 is 0.940. The molecular formula is C13H10F3NO2S. The second kappa shape index (κ2) is 5.16. The van der Waals surface area contributed by atoms with Gasteiger partial charge in [0.1, 0.15) is 4.88 Å². The summed E-state index contributed by atoms with van der Waals surface area (Å²) in [6.07, 6.45) is 0. The van der Waals surface area contributed by atoms with Crippen molar-refractivity contribution in [2.75, 3.05) is 12.8 Å². The number of thiophene rings is 1. The molecule has 0 aliphatic rings. The molecule has 0 fully saturated rings. The summed E-state index contributed by atoms with van der Waals surface area (Å²) < 4.78 is 44.0. The molecule has 0 aliphatic heterocycles. The van der Waals surface area contributed by atoms with Crippen LogP contribution in [-0.2, 0) is 4.74 Å². The Balaban J connectivity index is 2.62. The van der Waals surface area contributed by atoms with Gasteiger partial charge in [0.2, 0.25) is 0 Å². The fourth-order valence-corrected chi connectivity index (χ4v) is 2.87. The number of methoxy groups -OCH3 is 1. The molecule has 106 valence electrons. The quantitative estimate of drug-likeness (QED) is 0.682. The summed E-state index contributed by atoms with van der Waals surface area (Å²) in [6, 6.07) is 1.72. The second-order valence-corrected chi connectivity index (χ2v) is 5.07. The molecular weight excluding hydrogens is 291 g/mol. The van der Waals surface area contributed by atoms with Gasteiger partial charge in [-0.1, -0.05) is 0 Å². The van der Waals surface area contributed by atoms with Crippen molar-refractivity contribution < 1.29 is 22.7 Å². The summed E-state index contributed by atoms with van der Waals surface area (Å²) in [5.41, 5.74) is 6.56. The van der Waals surface area contributed by atoms with Gasteiger partial charge < -0.3 is 10.5 Å². The van der Waals surface area contributed by atoms with Gasteiger partial charge in [-0.3, -0.25) is 0 Å². The smallest absolute Gasteiger partial charge is 0.350 e. The first-order valence-corrected chi connectivity index (χ1v) is 6.30. The molecule has 1 aromatic heterocycles. The van der Waals surface area contributed by atoms with E-state index in [4.69, 9.17) is 5.73 Å². The van der Waals surface area contributed by atoms with E-state index in [1.807, 2.05) is 0 Å². The van der Waals surface area contributed by atoms with Crippen LogP contribution in [0.2, 0.25) is 0 Å². The van der Waals surface area contributed by atoms with Crippen LogP contribution in [0.15, 0.2) is 12.1 Å². The van der Waals surface area contributed by atoms with Crippen LogP contribution in [0.3, 0.4) is 0 Å². The summed E-state index contributed by atoms with van der Waals surface area (Å²) in [5, 5.41) is 0. The molecule has 2 N–H and O–H groups in total. The molecule has 0 bridgehead atoms. The third kappa shape index (κ3) is 2.24. The number of halogens is 3. The lowest BCUT2D eigenvalue weighted by Crippen LogP contribution is -2.01. The van der Waals surface area contributed by atoms with Crippen LogP contribution >= 0.6 is 11.3 Å². The molecule has 0 saturated carbocycles. The number of carbonyl (C=O) groups excluding carboxylic acids is 1. The molecule has 3 nitrogen and oxygen atoms in total. The minimum Gasteiger partial charge on any atom is -0.465 e. The molecule has 20 heavy (non-hydrogen) atoms. The van der Waals surface area contributed by atoms with Gasteiger partial charge in [-0.05, 0) is 30.2 Å². The van der Waals surface area contributed by atoms with Crippen molar-refractivity contribution in [3.05, 3.63) is 40.0 Å². The fraction of sp³-hybridized carbons (Fsp3) is 0.154. The molecule has 0 spiro atoms. The van der Waals surface area contributed by atoms with Gasteiger partial charge in [0.05, 0.1) is 12.8 Å². The number of hydrogen-bond acceptors (Lipinski definition) is 4. The normalized spacial score (nSPS) is 10.7. The van der Waals surface area contributed by atoms with Crippen LogP contribution in [-0.4, -0.2) is 13.1 Å². The first-order valence-electron chi connectivity index (χ1n) is 5.49. The average molecular weight is 301 g/mol. The van der Waals surface area contributed by atoms with Crippen LogP contribution in [0.1, 0.15) is 15.2 Å². The van der Waals surface area contributed by atoms with Crippen molar-refractivity contribution in [2.24, 2.45) is 0 Å². The Labute approximate surface area is 116 Å². The Kier molecular flexibility index (Phi) is 3.71. The van der Waals surface area contributed by atoms with Crippen molar-refractivity contribution in [1.82, 2.24) is 0 Å². The zero-order chi connectivity index (χ0) is 15.0. The van der Waals surface area contributed by atoms with E-state index >= 15 is 0 Å². The molecule has 0 radical (unpaired) electrons. The van der Waals surface area contributed by atoms with Crippen LogP contribution in [0.4, 0.5) is 18.9 Å². The first-order chi connectivity index (χ1) is 9.36. The van der Waals surface area contributed by atoms with Gasteiger partial charge in [0, 0.05) is 4.88 Å². The van der Waals surface area contributed by atoms with Gasteiger partial charge in [-0.2, -0.15) is 0 Å². The van der Waals surface area contributed by atoms with Gasteiger partial charge in [-0.15, -0.1) is 11.3 Å². The Morgan fingerprint density at radius 1 is 1.25 bits per heavy atom. The van der Waals surface area contributed by atoms with E-state index < -0.39 is 23.4 Å². The first kappa shape index (κ1) is 14.4. The Hall–Kier alpha value is -2.02. The van der Waals surface area contributed by atoms with E-state index in [2.05, 4.69) is 4.74 Å². The largest absolute Gasteiger partial charge is 0.465 e. The minimum atomic E-state index is -1.54. The van der Waals surface area contributed by atoms with Gasteiger partial charge in [0.25, 0.3) is 0 Å². The highest BCUT2D eigenvalue weighted by Gasteiger charge is 2.21. The number of carbonyl (C=O) groups is 1. The standard InChI is InChI=1S/C13H10F3NO2S/c1-5-10(17)12(13(18)19-2)20-11(5)6-3-7(14)9(16)8(15)4-6/h3-4H,17H2,1-2H3. The fourth-order valence-electron chi connectivity index (χ4n) is 1.73. The van der Waals surface area contributed by atoms with Crippen LogP contribution in [0.25, 0.3) is 10.4 Å². The molecule has 7 heteroatoms. The van der Waals surface area contributed by atoms with Crippen LogP contribution < -0.4 is 5.73 Å². The van der Waals surface area contributed by atoms with E-state index in [0.717, 1.165) is 23.5 Å². The predicted octanol–water partition coefficient (Wildman–Crippen LogP) is 3.51. The highest BCUT2D eigenvalue weighted by atomic mass is 32.1. The van der Waals surface area contributed by atoms with Crippen molar-refractivity contribution >= 4 is 23.0 Å². The summed E-state index contributed by atoms with van der Waals surface area (Å²) in [6.45, 7) is 1.60. The van der Waals surface area contributed by atoms with Gasteiger partial charge >= 0.3 is 5.97 Å². The molecule has 0 atom stereocenters. The van der Waals surface area contributed by atoms with Crippen LogP contribution in [0.5, 0.6) is 0 Å². The Bertz CT molecular complexity index is 674. The average Bonchev–Trinajstić information content (AvgIpc) is 2.71. The van der Waals surface area contributed by atoms with E-state index in [9.17, 15) is 18.0 Å². The molecule has 1 heterocycles. The zero-order valence-corrected chi connectivity index (χ0v) is 11.4. The lowest BCUT2D eigenvalue weighted by Gasteiger charge is -2.02. The van der Waals surface area contributed by atoms with Gasteiger partial charge in [-0.25, -0.2) is 18.0 Å². The Morgan fingerprint density at radius 3 is 2.30 bits per heavy atom. The Morgan fingerprint density at radius 2 is 1.80 bits per heavy atom. The van der Waals surface area contributed by atoms with Crippen molar-refractivity contribution in [1.29, 1.82) is 0 Å². The number of hydrogen-bond donors (Lipinski definition) is 1. The molecule has 2 rings (SSSR count). The number of nitrogens with two attached hydrogens (primary N) is 1. The molecule has 0 unspecified atom stereocenters. The van der Waals surface area contributed by atoms with E-state index in [1.54, 1.807) is 6.92 Å². The second-order valence-electron chi connectivity index (χ2n) is 4.04. The van der Waals surface area contributed by atoms with E-state index in [1.165, 1.54) is 7.11 Å². The number of esters is 1. The maximum Gasteiger partial charge on any atom is 0.350 e. The van der Waals surface area contributed by atoms with Crippen molar-refractivity contribution in [2.45, 2.75) is 6.92 Å². The molecule has 1 aromatic carbocycles.